The van der Waals surface area contributed by atoms with Crippen molar-refractivity contribution in [2.24, 2.45) is 0 Å². The zero-order valence-corrected chi connectivity index (χ0v) is 15.2. The monoisotopic (exact) mass is 388 g/mol. The molecule has 0 heterocycles. The predicted octanol–water partition coefficient (Wildman–Crippen LogP) is 5.86. The standard InChI is InChI=1S/C15H33IO3/c1-4-7-10-13-17-16(18-14-11-8-5-2)19-15-12-9-6-3/h4-15H2,1-3H3. The van der Waals surface area contributed by atoms with Gasteiger partial charge in [0.1, 0.15) is 0 Å². The maximum atomic E-state index is 5.82. The van der Waals surface area contributed by atoms with E-state index < -0.39 is 21.1 Å². The van der Waals surface area contributed by atoms with E-state index in [2.05, 4.69) is 20.8 Å². The number of hydrogen-bond donors (Lipinski definition) is 0. The quantitative estimate of drug-likeness (QED) is 0.260. The van der Waals surface area contributed by atoms with E-state index in [1.807, 2.05) is 0 Å². The Kier molecular flexibility index (Phi) is 17.2. The van der Waals surface area contributed by atoms with Crippen LogP contribution in [0.4, 0.5) is 0 Å². The van der Waals surface area contributed by atoms with Crippen LogP contribution in [0.15, 0.2) is 0 Å². The Bertz CT molecular complexity index is 139. The molecule has 0 aromatic carbocycles. The molecule has 0 unspecified atom stereocenters. The van der Waals surface area contributed by atoms with Gasteiger partial charge in [-0.1, -0.05) is 0 Å². The molecule has 0 radical (unpaired) electrons. The van der Waals surface area contributed by atoms with Gasteiger partial charge in [-0.3, -0.25) is 0 Å². The van der Waals surface area contributed by atoms with Gasteiger partial charge in [0.25, 0.3) is 0 Å². The fourth-order valence-corrected chi connectivity index (χ4v) is 4.06. The summed E-state index contributed by atoms with van der Waals surface area (Å²) in [6.07, 6.45) is 10.8. The second-order valence-electron chi connectivity index (χ2n) is 4.75. The molecule has 0 aliphatic rings. The molecule has 0 saturated carbocycles. The van der Waals surface area contributed by atoms with Crippen molar-refractivity contribution in [2.45, 2.75) is 78.6 Å². The molecule has 0 N–H and O–H groups in total. The summed E-state index contributed by atoms with van der Waals surface area (Å²) in [5.41, 5.74) is 0. The average molecular weight is 388 g/mol. The van der Waals surface area contributed by atoms with E-state index in [0.717, 1.165) is 39.1 Å². The molecule has 0 bridgehead atoms. The van der Waals surface area contributed by atoms with Crippen LogP contribution in [0.5, 0.6) is 0 Å². The van der Waals surface area contributed by atoms with Crippen LogP contribution in [0, 0.1) is 0 Å². The third-order valence-corrected chi connectivity index (χ3v) is 5.59. The van der Waals surface area contributed by atoms with Gasteiger partial charge in [0, 0.05) is 0 Å². The molecule has 0 aliphatic carbocycles. The van der Waals surface area contributed by atoms with Crippen LogP contribution >= 0.6 is 21.1 Å². The van der Waals surface area contributed by atoms with Crippen LogP contribution in [0.2, 0.25) is 0 Å². The summed E-state index contributed by atoms with van der Waals surface area (Å²) in [7, 11) is 0. The van der Waals surface area contributed by atoms with Crippen molar-refractivity contribution in [3.63, 3.8) is 0 Å². The molecule has 0 aromatic rings. The first-order chi connectivity index (χ1) is 9.35. The molecule has 0 aromatic heterocycles. The second-order valence-corrected chi connectivity index (χ2v) is 7.70. The van der Waals surface area contributed by atoms with E-state index in [1.54, 1.807) is 0 Å². The molecule has 118 valence electrons. The van der Waals surface area contributed by atoms with Gasteiger partial charge in [-0.2, -0.15) is 0 Å². The molecule has 19 heavy (non-hydrogen) atoms. The van der Waals surface area contributed by atoms with Crippen molar-refractivity contribution >= 4 is 21.1 Å². The predicted molar refractivity (Wildman–Crippen MR) is 90.5 cm³/mol. The third-order valence-electron chi connectivity index (χ3n) is 2.74. The number of rotatable bonds is 15. The number of hydrogen-bond acceptors (Lipinski definition) is 3. The van der Waals surface area contributed by atoms with E-state index in [1.165, 1.54) is 38.5 Å². The summed E-state index contributed by atoms with van der Waals surface area (Å²) < 4.78 is 17.5. The van der Waals surface area contributed by atoms with Crippen molar-refractivity contribution in [2.75, 3.05) is 19.8 Å². The van der Waals surface area contributed by atoms with Crippen LogP contribution < -0.4 is 0 Å². The minimum absolute atomic E-state index is 0.806. The first-order valence-electron chi connectivity index (χ1n) is 7.95. The van der Waals surface area contributed by atoms with Crippen molar-refractivity contribution in [1.29, 1.82) is 0 Å². The van der Waals surface area contributed by atoms with Gasteiger partial charge in [0.15, 0.2) is 0 Å². The van der Waals surface area contributed by atoms with Gasteiger partial charge in [-0.25, -0.2) is 0 Å². The molecular weight excluding hydrogens is 355 g/mol. The van der Waals surface area contributed by atoms with Crippen molar-refractivity contribution in [3.8, 4) is 0 Å². The summed E-state index contributed by atoms with van der Waals surface area (Å²) in [5.74, 6) is 0. The van der Waals surface area contributed by atoms with Crippen LogP contribution in [0.25, 0.3) is 0 Å². The van der Waals surface area contributed by atoms with Gasteiger partial charge in [0.05, 0.1) is 0 Å². The summed E-state index contributed by atoms with van der Waals surface area (Å²) in [4.78, 5) is 0. The summed E-state index contributed by atoms with van der Waals surface area (Å²) in [5, 5.41) is 0. The Morgan fingerprint density at radius 1 is 0.526 bits per heavy atom. The Balaban J connectivity index is 3.66. The number of halogens is 1. The minimum atomic E-state index is -2.04. The van der Waals surface area contributed by atoms with Gasteiger partial charge < -0.3 is 0 Å². The zero-order chi connectivity index (χ0) is 14.2. The molecular formula is C15H33IO3. The van der Waals surface area contributed by atoms with Gasteiger partial charge in [-0.15, -0.1) is 0 Å². The van der Waals surface area contributed by atoms with E-state index in [9.17, 15) is 0 Å². The Labute approximate surface area is 128 Å². The molecule has 0 atom stereocenters. The van der Waals surface area contributed by atoms with Gasteiger partial charge >= 0.3 is 129 Å². The Hall–Kier alpha value is 0.610. The van der Waals surface area contributed by atoms with Crippen LogP contribution in [-0.2, 0) is 9.20 Å². The first kappa shape index (κ1) is 19.6. The third kappa shape index (κ3) is 14.8. The molecule has 4 heteroatoms. The van der Waals surface area contributed by atoms with Gasteiger partial charge in [-0.05, 0) is 0 Å². The van der Waals surface area contributed by atoms with Crippen molar-refractivity contribution in [3.05, 3.63) is 0 Å². The fourth-order valence-electron chi connectivity index (χ4n) is 1.50. The number of unbranched alkanes of at least 4 members (excludes halogenated alkanes) is 6. The molecule has 0 rings (SSSR count). The maximum absolute atomic E-state index is 5.82. The van der Waals surface area contributed by atoms with Crippen molar-refractivity contribution in [1.82, 2.24) is 0 Å². The molecule has 0 spiro atoms. The van der Waals surface area contributed by atoms with Crippen molar-refractivity contribution < 1.29 is 9.20 Å². The summed E-state index contributed by atoms with van der Waals surface area (Å²) in [6, 6.07) is 0. The summed E-state index contributed by atoms with van der Waals surface area (Å²) in [6.45, 7) is 9.04. The molecule has 0 saturated heterocycles. The molecule has 3 nitrogen and oxygen atoms in total. The van der Waals surface area contributed by atoms with E-state index in [4.69, 9.17) is 9.20 Å². The summed E-state index contributed by atoms with van der Waals surface area (Å²) >= 11 is -2.04. The van der Waals surface area contributed by atoms with Crippen LogP contribution in [-0.4, -0.2) is 19.8 Å². The van der Waals surface area contributed by atoms with Gasteiger partial charge in [0.2, 0.25) is 0 Å². The van der Waals surface area contributed by atoms with E-state index in [0.29, 0.717) is 0 Å². The zero-order valence-electron chi connectivity index (χ0n) is 13.1. The SMILES string of the molecule is CCCCCOI(OCCCCC)OCCCCC. The molecule has 0 aliphatic heterocycles. The van der Waals surface area contributed by atoms with E-state index in [-0.39, 0.29) is 0 Å². The first-order valence-corrected chi connectivity index (χ1v) is 10.6. The Morgan fingerprint density at radius 3 is 1.11 bits per heavy atom. The molecule has 0 fully saturated rings. The van der Waals surface area contributed by atoms with Crippen LogP contribution in [0.1, 0.15) is 78.6 Å². The van der Waals surface area contributed by atoms with Crippen LogP contribution in [0.3, 0.4) is 0 Å². The molecule has 0 amide bonds. The average Bonchev–Trinajstić information content (AvgIpc) is 2.43. The van der Waals surface area contributed by atoms with E-state index >= 15 is 0 Å². The normalized spacial score (nSPS) is 11.8. The Morgan fingerprint density at radius 2 is 0.842 bits per heavy atom. The topological polar surface area (TPSA) is 27.7 Å². The fraction of sp³-hybridized carbons (Fsp3) is 1.00. The second kappa shape index (κ2) is 16.7.